The second-order valence-corrected chi connectivity index (χ2v) is 6.97. The molecule has 132 valence electrons. The highest BCUT2D eigenvalue weighted by Crippen LogP contribution is 2.43. The molecular weight excluding hydrogens is 348 g/mol. The van der Waals surface area contributed by atoms with Crippen LogP contribution in [0.5, 0.6) is 17.2 Å². The second-order valence-electron chi connectivity index (χ2n) is 5.91. The summed E-state index contributed by atoms with van der Waals surface area (Å²) >= 11 is 1.54. The van der Waals surface area contributed by atoms with Crippen LogP contribution in [0.1, 0.15) is 16.0 Å². The van der Waals surface area contributed by atoms with Crippen LogP contribution in [-0.2, 0) is 6.61 Å². The molecule has 26 heavy (non-hydrogen) atoms. The van der Waals surface area contributed by atoms with Crippen LogP contribution >= 0.6 is 11.3 Å². The van der Waals surface area contributed by atoms with Crippen molar-refractivity contribution in [2.75, 3.05) is 14.2 Å². The van der Waals surface area contributed by atoms with Crippen molar-refractivity contribution in [2.24, 2.45) is 4.99 Å². The number of methoxy groups -OCH3 is 2. The van der Waals surface area contributed by atoms with Gasteiger partial charge in [0.2, 0.25) is 5.13 Å². The summed E-state index contributed by atoms with van der Waals surface area (Å²) in [4.78, 5) is 10.3. The largest absolute Gasteiger partial charge is 0.497 e. The standard InChI is InChI=1S/C20H18N2O3S/c1-12-4-5-13(8-16(12)24-3)10-21-20-22-19-15-7-6-14(23-2)9-17(15)25-11-18(19)26-20/h4-10H,11H2,1-3H3. The van der Waals surface area contributed by atoms with Gasteiger partial charge in [-0.15, -0.1) is 0 Å². The summed E-state index contributed by atoms with van der Waals surface area (Å²) in [6.07, 6.45) is 1.81. The van der Waals surface area contributed by atoms with Gasteiger partial charge in [0.05, 0.1) is 24.8 Å². The zero-order valence-electron chi connectivity index (χ0n) is 14.8. The van der Waals surface area contributed by atoms with Crippen molar-refractivity contribution in [3.8, 4) is 28.5 Å². The lowest BCUT2D eigenvalue weighted by Gasteiger charge is -2.16. The van der Waals surface area contributed by atoms with E-state index >= 15 is 0 Å². The first-order valence-corrected chi connectivity index (χ1v) is 8.99. The summed E-state index contributed by atoms with van der Waals surface area (Å²) < 4.78 is 16.5. The molecule has 0 fully saturated rings. The molecule has 1 aliphatic rings. The van der Waals surface area contributed by atoms with Crippen molar-refractivity contribution >= 4 is 22.7 Å². The van der Waals surface area contributed by atoms with E-state index in [9.17, 15) is 0 Å². The number of aromatic nitrogens is 1. The molecule has 0 atom stereocenters. The first-order chi connectivity index (χ1) is 12.7. The highest BCUT2D eigenvalue weighted by Gasteiger charge is 2.22. The van der Waals surface area contributed by atoms with Crippen molar-refractivity contribution < 1.29 is 14.2 Å². The van der Waals surface area contributed by atoms with Crippen molar-refractivity contribution in [1.82, 2.24) is 4.98 Å². The maximum atomic E-state index is 5.83. The maximum Gasteiger partial charge on any atom is 0.210 e. The minimum Gasteiger partial charge on any atom is -0.497 e. The van der Waals surface area contributed by atoms with Crippen molar-refractivity contribution in [3.05, 3.63) is 52.4 Å². The number of hydrogen-bond acceptors (Lipinski definition) is 6. The highest BCUT2D eigenvalue weighted by molar-refractivity contribution is 7.15. The Kier molecular flexibility index (Phi) is 4.34. The van der Waals surface area contributed by atoms with Gasteiger partial charge in [-0.05, 0) is 36.2 Å². The molecule has 0 unspecified atom stereocenters. The molecule has 6 heteroatoms. The van der Waals surface area contributed by atoms with Crippen LogP contribution in [0, 0.1) is 6.92 Å². The maximum absolute atomic E-state index is 5.83. The first kappa shape index (κ1) is 16.6. The van der Waals surface area contributed by atoms with E-state index in [1.54, 1.807) is 25.6 Å². The average Bonchev–Trinajstić information content (AvgIpc) is 3.10. The number of nitrogens with zero attached hydrogens (tertiary/aromatic N) is 2. The number of ether oxygens (including phenoxy) is 3. The monoisotopic (exact) mass is 366 g/mol. The minimum atomic E-state index is 0.501. The van der Waals surface area contributed by atoms with Gasteiger partial charge in [-0.3, -0.25) is 0 Å². The molecule has 2 heterocycles. The third kappa shape index (κ3) is 3.04. The minimum absolute atomic E-state index is 0.501. The van der Waals surface area contributed by atoms with E-state index in [0.717, 1.165) is 44.5 Å². The molecule has 0 bridgehead atoms. The molecule has 0 saturated heterocycles. The lowest BCUT2D eigenvalue weighted by molar-refractivity contribution is 0.303. The molecule has 3 aromatic rings. The van der Waals surface area contributed by atoms with E-state index in [2.05, 4.69) is 4.99 Å². The van der Waals surface area contributed by atoms with Crippen LogP contribution in [0.15, 0.2) is 41.4 Å². The third-order valence-electron chi connectivity index (χ3n) is 4.24. The summed E-state index contributed by atoms with van der Waals surface area (Å²) in [5.41, 5.74) is 3.98. The predicted molar refractivity (Wildman–Crippen MR) is 103 cm³/mol. The Bertz CT molecular complexity index is 995. The van der Waals surface area contributed by atoms with Gasteiger partial charge >= 0.3 is 0 Å². The predicted octanol–water partition coefficient (Wildman–Crippen LogP) is 4.78. The van der Waals surface area contributed by atoms with Gasteiger partial charge in [-0.25, -0.2) is 9.98 Å². The number of aliphatic imine (C=N–C) groups is 1. The van der Waals surface area contributed by atoms with Gasteiger partial charge in [0.25, 0.3) is 0 Å². The summed E-state index contributed by atoms with van der Waals surface area (Å²) in [5.74, 6) is 2.42. The fourth-order valence-corrected chi connectivity index (χ4v) is 3.67. The highest BCUT2D eigenvalue weighted by atomic mass is 32.1. The quantitative estimate of drug-likeness (QED) is 0.624. The van der Waals surface area contributed by atoms with Crippen LogP contribution in [0.3, 0.4) is 0 Å². The van der Waals surface area contributed by atoms with Crippen LogP contribution in [0.25, 0.3) is 11.3 Å². The van der Waals surface area contributed by atoms with Crippen molar-refractivity contribution in [1.29, 1.82) is 0 Å². The molecule has 2 aromatic carbocycles. The van der Waals surface area contributed by atoms with Crippen LogP contribution in [0.4, 0.5) is 5.13 Å². The lowest BCUT2D eigenvalue weighted by Crippen LogP contribution is -2.03. The fourth-order valence-electron chi connectivity index (χ4n) is 2.84. The Hall–Kier alpha value is -2.86. The molecule has 0 saturated carbocycles. The molecule has 5 nitrogen and oxygen atoms in total. The summed E-state index contributed by atoms with van der Waals surface area (Å²) in [7, 11) is 3.32. The number of aryl methyl sites for hydroxylation is 1. The number of thiazole rings is 1. The Morgan fingerprint density at radius 3 is 2.85 bits per heavy atom. The smallest absolute Gasteiger partial charge is 0.210 e. The Morgan fingerprint density at radius 2 is 2.04 bits per heavy atom. The molecule has 0 spiro atoms. The number of hydrogen-bond donors (Lipinski definition) is 0. The van der Waals surface area contributed by atoms with Gasteiger partial charge in [-0.1, -0.05) is 23.5 Å². The molecule has 0 aliphatic carbocycles. The Balaban J connectivity index is 1.63. The topological polar surface area (TPSA) is 52.9 Å². The summed E-state index contributed by atoms with van der Waals surface area (Å²) in [6.45, 7) is 2.52. The first-order valence-electron chi connectivity index (χ1n) is 8.17. The number of fused-ring (bicyclic) bond motifs is 3. The number of rotatable bonds is 4. The van der Waals surface area contributed by atoms with Gasteiger partial charge in [0.15, 0.2) is 0 Å². The summed E-state index contributed by atoms with van der Waals surface area (Å²) in [6, 6.07) is 11.8. The molecule has 0 amide bonds. The summed E-state index contributed by atoms with van der Waals surface area (Å²) in [5, 5.41) is 0.710. The van der Waals surface area contributed by atoms with Crippen LogP contribution in [-0.4, -0.2) is 25.4 Å². The molecular formula is C20H18N2O3S. The van der Waals surface area contributed by atoms with Crippen LogP contribution < -0.4 is 14.2 Å². The van der Waals surface area contributed by atoms with Gasteiger partial charge in [-0.2, -0.15) is 0 Å². The van der Waals surface area contributed by atoms with Gasteiger partial charge in [0, 0.05) is 17.8 Å². The van der Waals surface area contributed by atoms with Gasteiger partial charge in [0.1, 0.15) is 23.9 Å². The van der Waals surface area contributed by atoms with Crippen LogP contribution in [0.2, 0.25) is 0 Å². The zero-order valence-corrected chi connectivity index (χ0v) is 15.6. The van der Waals surface area contributed by atoms with E-state index in [-0.39, 0.29) is 0 Å². The van der Waals surface area contributed by atoms with Gasteiger partial charge < -0.3 is 14.2 Å². The molecule has 1 aliphatic heterocycles. The normalized spacial score (nSPS) is 12.4. The third-order valence-corrected chi connectivity index (χ3v) is 5.18. The van der Waals surface area contributed by atoms with Crippen molar-refractivity contribution in [3.63, 3.8) is 0 Å². The lowest BCUT2D eigenvalue weighted by atomic mass is 10.1. The van der Waals surface area contributed by atoms with E-state index in [1.807, 2.05) is 49.5 Å². The van der Waals surface area contributed by atoms with Crippen molar-refractivity contribution in [2.45, 2.75) is 13.5 Å². The SMILES string of the molecule is COc1ccc2c(c1)OCc1sc(N=Cc3ccc(C)c(OC)c3)nc1-2. The van der Waals surface area contributed by atoms with E-state index in [4.69, 9.17) is 19.2 Å². The Labute approximate surface area is 155 Å². The molecule has 1 aromatic heterocycles. The second kappa shape index (κ2) is 6.80. The Morgan fingerprint density at radius 1 is 1.15 bits per heavy atom. The average molecular weight is 366 g/mol. The molecule has 0 radical (unpaired) electrons. The zero-order chi connectivity index (χ0) is 18.1. The van der Waals surface area contributed by atoms with E-state index < -0.39 is 0 Å². The molecule has 0 N–H and O–H groups in total. The fraction of sp³-hybridized carbons (Fsp3) is 0.200. The number of benzene rings is 2. The van der Waals surface area contributed by atoms with E-state index in [1.165, 1.54) is 0 Å². The molecule has 4 rings (SSSR count). The van der Waals surface area contributed by atoms with E-state index in [0.29, 0.717) is 11.7 Å².